The van der Waals surface area contributed by atoms with Crippen LogP contribution >= 0.6 is 0 Å². The van der Waals surface area contributed by atoms with E-state index in [0.717, 1.165) is 43.8 Å². The molecule has 0 saturated carbocycles. The number of likely N-dealkylation sites (tertiary alicyclic amines) is 1. The number of nitrogens with two attached hydrogens (primary N) is 1. The number of ether oxygens (including phenoxy) is 1. The van der Waals surface area contributed by atoms with E-state index in [1.807, 2.05) is 6.08 Å². The Balaban J connectivity index is 1.74. The third kappa shape index (κ3) is 2.51. The molecule has 1 spiro atoms. The maximum absolute atomic E-state index is 13.2. The largest absolute Gasteiger partial charge is 0.482 e. The van der Waals surface area contributed by atoms with E-state index in [1.165, 1.54) is 12.1 Å². The summed E-state index contributed by atoms with van der Waals surface area (Å²) in [7, 11) is 0. The van der Waals surface area contributed by atoms with Crippen LogP contribution in [0, 0.1) is 5.82 Å². The van der Waals surface area contributed by atoms with E-state index in [9.17, 15) is 4.39 Å². The number of benzene rings is 1. The van der Waals surface area contributed by atoms with Gasteiger partial charge in [0, 0.05) is 44.6 Å². The van der Waals surface area contributed by atoms with E-state index in [-0.39, 0.29) is 11.4 Å². The molecule has 3 nitrogen and oxygen atoms in total. The Bertz CT molecular complexity index is 493. The Morgan fingerprint density at radius 2 is 2.11 bits per heavy atom. The summed E-state index contributed by atoms with van der Waals surface area (Å²) in [6.45, 7) is 3.64. The van der Waals surface area contributed by atoms with Gasteiger partial charge in [-0.2, -0.15) is 0 Å². The van der Waals surface area contributed by atoms with Crippen LogP contribution in [0.25, 0.3) is 6.08 Å². The molecule has 1 fully saturated rings. The molecule has 2 N–H and O–H groups in total. The van der Waals surface area contributed by atoms with E-state index in [0.29, 0.717) is 6.54 Å². The molecule has 2 heterocycles. The van der Waals surface area contributed by atoms with Crippen LogP contribution in [-0.4, -0.2) is 36.7 Å². The number of nitrogens with zero attached hydrogens (tertiary/aromatic N) is 1. The Labute approximate surface area is 112 Å². The summed E-state index contributed by atoms with van der Waals surface area (Å²) in [4.78, 5) is 2.36. The standard InChI is InChI=1S/C15H19FN2O/c16-13-1-2-14-12(11-13)3-4-15(19-14)5-8-18(9-6-15)10-7-17/h1-4,11H,5-10,17H2. The van der Waals surface area contributed by atoms with E-state index < -0.39 is 0 Å². The molecule has 4 heteroatoms. The van der Waals surface area contributed by atoms with Gasteiger partial charge in [0.25, 0.3) is 0 Å². The minimum atomic E-state index is -0.222. The van der Waals surface area contributed by atoms with Gasteiger partial charge in [0.05, 0.1) is 0 Å². The van der Waals surface area contributed by atoms with Crippen LogP contribution in [0.15, 0.2) is 24.3 Å². The van der Waals surface area contributed by atoms with Gasteiger partial charge in [0.1, 0.15) is 17.2 Å². The van der Waals surface area contributed by atoms with Crippen LogP contribution < -0.4 is 10.5 Å². The summed E-state index contributed by atoms with van der Waals surface area (Å²) in [6, 6.07) is 4.69. The van der Waals surface area contributed by atoms with Gasteiger partial charge in [-0.1, -0.05) is 6.08 Å². The molecule has 0 unspecified atom stereocenters. The first-order valence-electron chi connectivity index (χ1n) is 6.81. The highest BCUT2D eigenvalue weighted by atomic mass is 19.1. The zero-order valence-corrected chi connectivity index (χ0v) is 10.9. The van der Waals surface area contributed by atoms with Crippen LogP contribution in [0.3, 0.4) is 0 Å². The Morgan fingerprint density at radius 3 is 2.84 bits per heavy atom. The fourth-order valence-corrected chi connectivity index (χ4v) is 2.84. The zero-order valence-electron chi connectivity index (χ0n) is 10.9. The summed E-state index contributed by atoms with van der Waals surface area (Å²) in [5.41, 5.74) is 6.20. The third-order valence-corrected chi connectivity index (χ3v) is 4.00. The van der Waals surface area contributed by atoms with Crippen molar-refractivity contribution in [3.8, 4) is 5.75 Å². The molecular formula is C15H19FN2O. The average Bonchev–Trinajstić information content (AvgIpc) is 2.42. The van der Waals surface area contributed by atoms with Crippen LogP contribution in [0.1, 0.15) is 18.4 Å². The highest BCUT2D eigenvalue weighted by molar-refractivity contribution is 5.61. The highest BCUT2D eigenvalue weighted by Gasteiger charge is 2.36. The van der Waals surface area contributed by atoms with Gasteiger partial charge in [0.2, 0.25) is 0 Å². The molecule has 1 saturated heterocycles. The maximum Gasteiger partial charge on any atom is 0.130 e. The summed E-state index contributed by atoms with van der Waals surface area (Å²) < 4.78 is 19.3. The number of piperidine rings is 1. The second kappa shape index (κ2) is 4.94. The van der Waals surface area contributed by atoms with Gasteiger partial charge in [-0.05, 0) is 24.3 Å². The van der Waals surface area contributed by atoms with Gasteiger partial charge >= 0.3 is 0 Å². The first kappa shape index (κ1) is 12.6. The zero-order chi connectivity index (χ0) is 13.3. The lowest BCUT2D eigenvalue weighted by molar-refractivity contribution is 0.0397. The molecule has 0 radical (unpaired) electrons. The molecule has 2 aliphatic heterocycles. The van der Waals surface area contributed by atoms with Crippen molar-refractivity contribution in [1.82, 2.24) is 4.90 Å². The van der Waals surface area contributed by atoms with Crippen molar-refractivity contribution in [3.63, 3.8) is 0 Å². The molecule has 1 aromatic rings. The second-order valence-electron chi connectivity index (χ2n) is 5.31. The van der Waals surface area contributed by atoms with Crippen molar-refractivity contribution in [2.24, 2.45) is 5.73 Å². The molecule has 19 heavy (non-hydrogen) atoms. The summed E-state index contributed by atoms with van der Waals surface area (Å²) in [6.07, 6.45) is 6.00. The molecule has 3 rings (SSSR count). The van der Waals surface area contributed by atoms with E-state index in [4.69, 9.17) is 10.5 Å². The Kier molecular flexibility index (Phi) is 3.29. The SMILES string of the molecule is NCCN1CCC2(C=Cc3cc(F)ccc3O2)CC1. The van der Waals surface area contributed by atoms with Crippen molar-refractivity contribution in [2.75, 3.05) is 26.2 Å². The van der Waals surface area contributed by atoms with Crippen molar-refractivity contribution in [3.05, 3.63) is 35.7 Å². The van der Waals surface area contributed by atoms with Crippen molar-refractivity contribution in [1.29, 1.82) is 0 Å². The quantitative estimate of drug-likeness (QED) is 0.886. The maximum atomic E-state index is 13.2. The second-order valence-corrected chi connectivity index (χ2v) is 5.31. The summed E-state index contributed by atoms with van der Waals surface area (Å²) in [5, 5.41) is 0. The van der Waals surface area contributed by atoms with Gasteiger partial charge in [-0.25, -0.2) is 4.39 Å². The number of hydrogen-bond donors (Lipinski definition) is 1. The van der Waals surface area contributed by atoms with E-state index >= 15 is 0 Å². The molecule has 2 aliphatic rings. The summed E-state index contributed by atoms with van der Waals surface area (Å²) in [5.74, 6) is 0.567. The number of halogens is 1. The molecule has 0 atom stereocenters. The van der Waals surface area contributed by atoms with Gasteiger partial charge in [-0.15, -0.1) is 0 Å². The van der Waals surface area contributed by atoms with Crippen molar-refractivity contribution in [2.45, 2.75) is 18.4 Å². The molecule has 1 aromatic carbocycles. The summed E-state index contributed by atoms with van der Waals surface area (Å²) >= 11 is 0. The molecule has 102 valence electrons. The third-order valence-electron chi connectivity index (χ3n) is 4.00. The van der Waals surface area contributed by atoms with Crippen molar-refractivity contribution < 1.29 is 9.13 Å². The molecular weight excluding hydrogens is 243 g/mol. The number of hydrogen-bond acceptors (Lipinski definition) is 3. The van der Waals surface area contributed by atoms with Crippen LogP contribution in [0.5, 0.6) is 5.75 Å². The van der Waals surface area contributed by atoms with E-state index in [2.05, 4.69) is 11.0 Å². The monoisotopic (exact) mass is 262 g/mol. The fourth-order valence-electron chi connectivity index (χ4n) is 2.84. The average molecular weight is 262 g/mol. The fraction of sp³-hybridized carbons (Fsp3) is 0.467. The van der Waals surface area contributed by atoms with Gasteiger partial charge < -0.3 is 15.4 Å². The lowest BCUT2D eigenvalue weighted by Gasteiger charge is -2.41. The highest BCUT2D eigenvalue weighted by Crippen LogP contribution is 2.37. The van der Waals surface area contributed by atoms with Crippen molar-refractivity contribution >= 4 is 6.08 Å². The minimum absolute atomic E-state index is 0.212. The Morgan fingerprint density at radius 1 is 1.32 bits per heavy atom. The van der Waals surface area contributed by atoms with Gasteiger partial charge in [-0.3, -0.25) is 0 Å². The van der Waals surface area contributed by atoms with Gasteiger partial charge in [0.15, 0.2) is 0 Å². The number of fused-ring (bicyclic) bond motifs is 1. The molecule has 0 aromatic heterocycles. The normalized spacial score (nSPS) is 21.2. The topological polar surface area (TPSA) is 38.5 Å². The Hall–Kier alpha value is -1.39. The number of rotatable bonds is 2. The van der Waals surface area contributed by atoms with Crippen LogP contribution in [-0.2, 0) is 0 Å². The van der Waals surface area contributed by atoms with Crippen LogP contribution in [0.4, 0.5) is 4.39 Å². The first-order valence-corrected chi connectivity index (χ1v) is 6.81. The predicted octanol–water partition coefficient (Wildman–Crippen LogP) is 2.02. The minimum Gasteiger partial charge on any atom is -0.482 e. The molecule has 0 bridgehead atoms. The smallest absolute Gasteiger partial charge is 0.130 e. The predicted molar refractivity (Wildman–Crippen MR) is 73.5 cm³/mol. The van der Waals surface area contributed by atoms with Crippen LogP contribution in [0.2, 0.25) is 0 Å². The molecule has 0 amide bonds. The first-order chi connectivity index (χ1) is 9.21. The van der Waals surface area contributed by atoms with E-state index in [1.54, 1.807) is 6.07 Å². The molecule has 0 aliphatic carbocycles. The lowest BCUT2D eigenvalue weighted by Crippen LogP contribution is -2.48. The lowest BCUT2D eigenvalue weighted by atomic mass is 9.88.